The highest BCUT2D eigenvalue weighted by atomic mass is 19.1. The van der Waals surface area contributed by atoms with Crippen LogP contribution in [0.25, 0.3) is 0 Å². The molecule has 1 amide bonds. The Kier molecular flexibility index (Phi) is 5.51. The third kappa shape index (κ3) is 4.02. The molecule has 0 spiro atoms. The average molecular weight is 344 g/mol. The van der Waals surface area contributed by atoms with E-state index in [1.165, 1.54) is 29.2 Å². The summed E-state index contributed by atoms with van der Waals surface area (Å²) in [5, 5.41) is 12.8. The average Bonchev–Trinajstić information content (AvgIpc) is 2.56. The normalized spacial score (nSPS) is 10.8. The maximum Gasteiger partial charge on any atom is 0.256 e. The Morgan fingerprint density at radius 3 is 2.56 bits per heavy atom. The Bertz CT molecular complexity index is 819. The fourth-order valence-electron chi connectivity index (χ4n) is 2.65. The molecule has 0 aliphatic heterocycles. The second kappa shape index (κ2) is 7.42. The van der Waals surface area contributed by atoms with E-state index in [-0.39, 0.29) is 35.3 Å². The van der Waals surface area contributed by atoms with Crippen LogP contribution in [0.5, 0.6) is 5.75 Å². The molecule has 6 heteroatoms. The smallest absolute Gasteiger partial charge is 0.256 e. The first-order valence-electron chi connectivity index (χ1n) is 7.95. The van der Waals surface area contributed by atoms with Crippen molar-refractivity contribution in [2.75, 3.05) is 7.05 Å². The molecule has 0 aliphatic rings. The Labute approximate surface area is 146 Å². The lowest BCUT2D eigenvalue weighted by Crippen LogP contribution is -2.27. The van der Waals surface area contributed by atoms with Gasteiger partial charge in [-0.1, -0.05) is 19.9 Å². The molecule has 2 rings (SSSR count). The van der Waals surface area contributed by atoms with Crippen LogP contribution < -0.4 is 0 Å². The summed E-state index contributed by atoms with van der Waals surface area (Å²) in [5.41, 5.74) is 2.11. The third-order valence-corrected chi connectivity index (χ3v) is 4.16. The van der Waals surface area contributed by atoms with Gasteiger partial charge in [-0.05, 0) is 52.9 Å². The van der Waals surface area contributed by atoms with Crippen LogP contribution in [0.3, 0.4) is 0 Å². The third-order valence-electron chi connectivity index (χ3n) is 4.16. The summed E-state index contributed by atoms with van der Waals surface area (Å²) in [7, 11) is 1.57. The fraction of sp³-hybridized carbons (Fsp3) is 0.316. The van der Waals surface area contributed by atoms with Crippen LogP contribution in [-0.4, -0.2) is 23.0 Å². The molecule has 0 unspecified atom stereocenters. The lowest BCUT2D eigenvalue weighted by Gasteiger charge is -2.20. The minimum Gasteiger partial charge on any atom is -0.508 e. The van der Waals surface area contributed by atoms with E-state index in [1.807, 2.05) is 20.8 Å². The summed E-state index contributed by atoms with van der Waals surface area (Å²) in [4.78, 5) is 25.2. The number of amides is 1. The van der Waals surface area contributed by atoms with E-state index in [0.29, 0.717) is 11.1 Å². The first-order valence-corrected chi connectivity index (χ1v) is 7.95. The van der Waals surface area contributed by atoms with E-state index in [4.69, 9.17) is 0 Å². The van der Waals surface area contributed by atoms with E-state index in [1.54, 1.807) is 13.1 Å². The van der Waals surface area contributed by atoms with Gasteiger partial charge in [0.25, 0.3) is 5.91 Å². The maximum absolute atomic E-state index is 13.4. The predicted molar refractivity (Wildman–Crippen MR) is 94.6 cm³/mol. The van der Waals surface area contributed by atoms with Gasteiger partial charge in [0.15, 0.2) is 0 Å². The molecule has 0 atom stereocenters. The second-order valence-corrected chi connectivity index (χ2v) is 6.41. The molecule has 0 fully saturated rings. The monoisotopic (exact) mass is 344 g/mol. The van der Waals surface area contributed by atoms with E-state index in [9.17, 15) is 19.2 Å². The quantitative estimate of drug-likeness (QED) is 0.804. The molecule has 5 nitrogen and oxygen atoms in total. The van der Waals surface area contributed by atoms with Gasteiger partial charge in [-0.3, -0.25) is 4.79 Å². The molecular weight excluding hydrogens is 323 g/mol. The summed E-state index contributed by atoms with van der Waals surface area (Å²) >= 11 is 0. The number of benzene rings is 2. The number of phenolic OH excluding ortho intramolecular Hbond substituents is 1. The molecule has 0 aromatic heterocycles. The van der Waals surface area contributed by atoms with Gasteiger partial charge in [0.05, 0.1) is 5.56 Å². The van der Waals surface area contributed by atoms with Crippen molar-refractivity contribution in [2.45, 2.75) is 33.2 Å². The van der Waals surface area contributed by atoms with Crippen LogP contribution in [0.1, 0.15) is 46.8 Å². The summed E-state index contributed by atoms with van der Waals surface area (Å²) in [5.74, 6) is -0.878. The number of aromatic hydroxyl groups is 1. The number of nitroso groups, excluding NO2 is 1. The molecule has 0 radical (unpaired) electrons. The number of rotatable bonds is 5. The Balaban J connectivity index is 2.37. The van der Waals surface area contributed by atoms with Crippen molar-refractivity contribution in [1.29, 1.82) is 0 Å². The van der Waals surface area contributed by atoms with Crippen LogP contribution in [0, 0.1) is 17.6 Å². The van der Waals surface area contributed by atoms with E-state index >= 15 is 0 Å². The zero-order valence-electron chi connectivity index (χ0n) is 14.7. The second-order valence-electron chi connectivity index (χ2n) is 6.41. The molecule has 2 aromatic carbocycles. The van der Waals surface area contributed by atoms with Crippen LogP contribution in [-0.2, 0) is 6.54 Å². The van der Waals surface area contributed by atoms with Gasteiger partial charge >= 0.3 is 0 Å². The highest BCUT2D eigenvalue weighted by molar-refractivity contribution is 5.99. The number of hydrogen-bond donors (Lipinski definition) is 1. The van der Waals surface area contributed by atoms with Crippen LogP contribution in [0.4, 0.5) is 10.1 Å². The highest BCUT2D eigenvalue weighted by Crippen LogP contribution is 2.33. The van der Waals surface area contributed by atoms with Crippen molar-refractivity contribution in [3.05, 3.63) is 63.3 Å². The van der Waals surface area contributed by atoms with Gasteiger partial charge in [0.2, 0.25) is 0 Å². The summed E-state index contributed by atoms with van der Waals surface area (Å²) in [6.45, 7) is 5.77. The lowest BCUT2D eigenvalue weighted by atomic mass is 9.97. The van der Waals surface area contributed by atoms with Gasteiger partial charge in [-0.2, -0.15) is 0 Å². The molecule has 0 saturated heterocycles. The number of hydrogen-bond acceptors (Lipinski definition) is 4. The van der Waals surface area contributed by atoms with Crippen molar-refractivity contribution >= 4 is 11.6 Å². The van der Waals surface area contributed by atoms with Crippen LogP contribution in [0.15, 0.2) is 35.5 Å². The minimum absolute atomic E-state index is 0.0250. The predicted octanol–water partition coefficient (Wildman–Crippen LogP) is 4.63. The van der Waals surface area contributed by atoms with Crippen molar-refractivity contribution in [3.8, 4) is 5.75 Å². The Hall–Kier alpha value is -2.76. The largest absolute Gasteiger partial charge is 0.508 e. The molecule has 25 heavy (non-hydrogen) atoms. The number of nitrogens with zero attached hydrogens (tertiary/aromatic N) is 2. The van der Waals surface area contributed by atoms with E-state index < -0.39 is 5.91 Å². The first kappa shape index (κ1) is 18.6. The Morgan fingerprint density at radius 2 is 1.96 bits per heavy atom. The number of halogens is 1. The van der Waals surface area contributed by atoms with Gasteiger partial charge in [-0.15, -0.1) is 4.91 Å². The zero-order valence-corrected chi connectivity index (χ0v) is 14.7. The van der Waals surface area contributed by atoms with Crippen molar-refractivity contribution in [1.82, 2.24) is 4.90 Å². The molecule has 0 saturated carbocycles. The van der Waals surface area contributed by atoms with E-state index in [0.717, 1.165) is 5.56 Å². The van der Waals surface area contributed by atoms with Gasteiger partial charge in [0.1, 0.15) is 17.3 Å². The number of phenols is 1. The van der Waals surface area contributed by atoms with Crippen molar-refractivity contribution in [2.24, 2.45) is 5.18 Å². The molecule has 132 valence electrons. The standard InChI is InChI=1S/C19H21FN2O3/c1-11(2)15-8-16(17(21-25)9-18(15)23)19(24)22(4)10-13-7-14(20)6-5-12(13)3/h5-9,11,23H,10H2,1-4H3. The highest BCUT2D eigenvalue weighted by Gasteiger charge is 2.21. The van der Waals surface area contributed by atoms with Crippen LogP contribution in [0.2, 0.25) is 0 Å². The molecule has 2 aromatic rings. The fourth-order valence-corrected chi connectivity index (χ4v) is 2.65. The summed E-state index contributed by atoms with van der Waals surface area (Å²) < 4.78 is 13.4. The molecule has 0 bridgehead atoms. The topological polar surface area (TPSA) is 70.0 Å². The number of aryl methyl sites for hydroxylation is 1. The number of carbonyl (C=O) groups excluding carboxylic acids is 1. The first-order chi connectivity index (χ1) is 11.7. The Morgan fingerprint density at radius 1 is 1.28 bits per heavy atom. The number of carbonyl (C=O) groups is 1. The van der Waals surface area contributed by atoms with Gasteiger partial charge in [0, 0.05) is 19.7 Å². The molecular formula is C19H21FN2O3. The lowest BCUT2D eigenvalue weighted by molar-refractivity contribution is 0.0785. The van der Waals surface area contributed by atoms with Crippen molar-refractivity contribution < 1.29 is 14.3 Å². The minimum atomic E-state index is -0.417. The maximum atomic E-state index is 13.4. The van der Waals surface area contributed by atoms with Gasteiger partial charge < -0.3 is 10.0 Å². The summed E-state index contributed by atoms with van der Waals surface area (Å²) in [6.07, 6.45) is 0. The zero-order chi connectivity index (χ0) is 18.7. The summed E-state index contributed by atoms with van der Waals surface area (Å²) in [6, 6.07) is 7.10. The van der Waals surface area contributed by atoms with E-state index in [2.05, 4.69) is 5.18 Å². The van der Waals surface area contributed by atoms with Crippen LogP contribution >= 0.6 is 0 Å². The van der Waals surface area contributed by atoms with Gasteiger partial charge in [-0.25, -0.2) is 4.39 Å². The SMILES string of the molecule is Cc1ccc(F)cc1CN(C)C(=O)c1cc(C(C)C)c(O)cc1N=O. The van der Waals surface area contributed by atoms with Crippen molar-refractivity contribution in [3.63, 3.8) is 0 Å². The molecule has 0 heterocycles. The molecule has 0 aliphatic carbocycles. The molecule has 1 N–H and O–H groups in total.